The Morgan fingerprint density at radius 1 is 1.67 bits per heavy atom. The summed E-state index contributed by atoms with van der Waals surface area (Å²) in [6.45, 7) is 4.99. The van der Waals surface area contributed by atoms with E-state index in [1.165, 1.54) is 6.07 Å². The van der Waals surface area contributed by atoms with Crippen LogP contribution in [0.1, 0.15) is 26.0 Å². The lowest BCUT2D eigenvalue weighted by Gasteiger charge is -2.06. The minimum absolute atomic E-state index is 0.224. The van der Waals surface area contributed by atoms with Gasteiger partial charge in [-0.2, -0.15) is 10.2 Å². The van der Waals surface area contributed by atoms with Crippen molar-refractivity contribution in [2.24, 2.45) is 5.92 Å². The van der Waals surface area contributed by atoms with E-state index in [4.69, 9.17) is 5.26 Å². The van der Waals surface area contributed by atoms with Crippen LogP contribution < -0.4 is 11.0 Å². The number of aromatic amines is 1. The third-order valence-electron chi connectivity index (χ3n) is 1.89. The van der Waals surface area contributed by atoms with Crippen molar-refractivity contribution in [1.29, 1.82) is 5.26 Å². The maximum Gasteiger partial charge on any atom is 0.347 e. The maximum atomic E-state index is 11.0. The van der Waals surface area contributed by atoms with Crippen molar-refractivity contribution in [2.45, 2.75) is 20.3 Å². The lowest BCUT2D eigenvalue weighted by atomic mass is 10.1. The van der Waals surface area contributed by atoms with Gasteiger partial charge in [-0.25, -0.2) is 4.79 Å². The number of nitriles is 1. The smallest absolute Gasteiger partial charge is 0.347 e. The second-order valence-corrected chi connectivity index (χ2v) is 3.71. The molecule has 1 aromatic heterocycles. The van der Waals surface area contributed by atoms with Crippen LogP contribution in [0.4, 0.5) is 5.82 Å². The van der Waals surface area contributed by atoms with Crippen LogP contribution in [0, 0.1) is 17.2 Å². The van der Waals surface area contributed by atoms with Crippen LogP contribution in [0.3, 0.4) is 0 Å². The van der Waals surface area contributed by atoms with E-state index in [1.807, 2.05) is 6.07 Å². The van der Waals surface area contributed by atoms with Crippen LogP contribution in [-0.4, -0.2) is 16.5 Å². The van der Waals surface area contributed by atoms with E-state index in [-0.39, 0.29) is 5.69 Å². The van der Waals surface area contributed by atoms with Gasteiger partial charge >= 0.3 is 5.69 Å². The summed E-state index contributed by atoms with van der Waals surface area (Å²) < 4.78 is 0. The average Bonchev–Trinajstić information content (AvgIpc) is 2.16. The fourth-order valence-corrected chi connectivity index (χ4v) is 1.10. The minimum Gasteiger partial charge on any atom is -0.370 e. The van der Waals surface area contributed by atoms with E-state index in [0.717, 1.165) is 13.0 Å². The van der Waals surface area contributed by atoms with E-state index in [9.17, 15) is 4.79 Å². The largest absolute Gasteiger partial charge is 0.370 e. The van der Waals surface area contributed by atoms with E-state index in [0.29, 0.717) is 11.7 Å². The number of hydrogen-bond donors (Lipinski definition) is 2. The summed E-state index contributed by atoms with van der Waals surface area (Å²) in [5.74, 6) is 1.05. The highest BCUT2D eigenvalue weighted by Crippen LogP contribution is 2.03. The molecule has 0 unspecified atom stereocenters. The van der Waals surface area contributed by atoms with Gasteiger partial charge in [-0.05, 0) is 12.3 Å². The fourth-order valence-electron chi connectivity index (χ4n) is 1.10. The van der Waals surface area contributed by atoms with Gasteiger partial charge in [-0.1, -0.05) is 13.8 Å². The number of aromatic nitrogens is 2. The maximum absolute atomic E-state index is 11.0. The van der Waals surface area contributed by atoms with Gasteiger partial charge < -0.3 is 5.32 Å². The van der Waals surface area contributed by atoms with Gasteiger partial charge in [0.15, 0.2) is 0 Å². The predicted molar refractivity (Wildman–Crippen MR) is 57.5 cm³/mol. The summed E-state index contributed by atoms with van der Waals surface area (Å²) >= 11 is 0. The molecule has 0 saturated heterocycles. The zero-order valence-corrected chi connectivity index (χ0v) is 8.87. The quantitative estimate of drug-likeness (QED) is 0.772. The average molecular weight is 206 g/mol. The molecule has 15 heavy (non-hydrogen) atoms. The first-order valence-corrected chi connectivity index (χ1v) is 4.87. The second-order valence-electron chi connectivity index (χ2n) is 3.71. The zero-order valence-electron chi connectivity index (χ0n) is 8.87. The molecule has 1 aromatic rings. The Bertz CT molecular complexity index is 416. The summed E-state index contributed by atoms with van der Waals surface area (Å²) in [6.07, 6.45) is 0.996. The van der Waals surface area contributed by atoms with Gasteiger partial charge in [0, 0.05) is 12.6 Å². The normalized spacial score (nSPS) is 10.0. The van der Waals surface area contributed by atoms with Crippen LogP contribution >= 0.6 is 0 Å². The molecule has 0 radical (unpaired) electrons. The fraction of sp³-hybridized carbons (Fsp3) is 0.500. The molecule has 0 atom stereocenters. The van der Waals surface area contributed by atoms with Crippen LogP contribution in [0.25, 0.3) is 0 Å². The lowest BCUT2D eigenvalue weighted by Crippen LogP contribution is -2.16. The second kappa shape index (κ2) is 5.15. The zero-order chi connectivity index (χ0) is 11.3. The van der Waals surface area contributed by atoms with Gasteiger partial charge in [0.25, 0.3) is 0 Å². The van der Waals surface area contributed by atoms with E-state index in [1.54, 1.807) is 0 Å². The molecule has 0 saturated carbocycles. The van der Waals surface area contributed by atoms with Gasteiger partial charge in [-0.3, -0.25) is 4.98 Å². The van der Waals surface area contributed by atoms with Crippen LogP contribution in [0.5, 0.6) is 0 Å². The third kappa shape index (κ3) is 3.81. The molecule has 5 heteroatoms. The monoisotopic (exact) mass is 206 g/mol. The van der Waals surface area contributed by atoms with E-state index >= 15 is 0 Å². The summed E-state index contributed by atoms with van der Waals surface area (Å²) in [5, 5.41) is 11.6. The summed E-state index contributed by atoms with van der Waals surface area (Å²) in [7, 11) is 0. The van der Waals surface area contributed by atoms with Crippen molar-refractivity contribution in [1.82, 2.24) is 9.97 Å². The van der Waals surface area contributed by atoms with Crippen LogP contribution in [0.2, 0.25) is 0 Å². The molecule has 1 rings (SSSR count). The molecular formula is C10H14N4O. The Kier molecular flexibility index (Phi) is 3.86. The summed E-state index contributed by atoms with van der Waals surface area (Å²) in [5.41, 5.74) is -0.275. The Hall–Kier alpha value is -1.83. The number of rotatable bonds is 4. The Balaban J connectivity index is 2.66. The molecule has 0 aromatic carbocycles. The topological polar surface area (TPSA) is 81.6 Å². The van der Waals surface area contributed by atoms with Gasteiger partial charge in [-0.15, -0.1) is 0 Å². The van der Waals surface area contributed by atoms with Crippen molar-refractivity contribution in [3.8, 4) is 6.07 Å². The minimum atomic E-state index is -0.499. The van der Waals surface area contributed by atoms with Crippen molar-refractivity contribution < 1.29 is 0 Å². The molecule has 2 N–H and O–H groups in total. The molecule has 0 aliphatic carbocycles. The van der Waals surface area contributed by atoms with Gasteiger partial charge in [0.1, 0.15) is 17.6 Å². The Morgan fingerprint density at radius 2 is 2.40 bits per heavy atom. The molecular weight excluding hydrogens is 192 g/mol. The summed E-state index contributed by atoms with van der Waals surface area (Å²) in [4.78, 5) is 17.0. The number of nitrogens with zero attached hydrogens (tertiary/aromatic N) is 2. The molecule has 1 heterocycles. The molecule has 0 aliphatic heterocycles. The predicted octanol–water partition coefficient (Wildman–Crippen LogP) is 1.10. The molecule has 0 aliphatic rings. The Morgan fingerprint density at radius 3 is 3.00 bits per heavy atom. The highest BCUT2D eigenvalue weighted by molar-refractivity contribution is 5.38. The number of H-pyrrole nitrogens is 1. The Labute approximate surface area is 88.2 Å². The molecule has 0 bridgehead atoms. The van der Waals surface area contributed by atoms with E-state index < -0.39 is 5.69 Å². The third-order valence-corrected chi connectivity index (χ3v) is 1.89. The van der Waals surface area contributed by atoms with Gasteiger partial charge in [0.2, 0.25) is 0 Å². The first-order chi connectivity index (χ1) is 7.11. The molecule has 0 spiro atoms. The number of hydrogen-bond acceptors (Lipinski definition) is 4. The van der Waals surface area contributed by atoms with Crippen LogP contribution in [-0.2, 0) is 0 Å². The van der Waals surface area contributed by atoms with E-state index in [2.05, 4.69) is 29.1 Å². The molecule has 80 valence electrons. The van der Waals surface area contributed by atoms with Gasteiger partial charge in [0.05, 0.1) is 0 Å². The van der Waals surface area contributed by atoms with Crippen molar-refractivity contribution in [3.63, 3.8) is 0 Å². The van der Waals surface area contributed by atoms with Crippen LogP contribution in [0.15, 0.2) is 10.9 Å². The standard InChI is InChI=1S/C10H14N4O/c1-7(2)3-4-12-9-5-8(6-11)13-10(15)14-9/h5,7H,3-4H2,1-2H3,(H2,12,13,14,15). The van der Waals surface area contributed by atoms with Crippen molar-refractivity contribution in [2.75, 3.05) is 11.9 Å². The first kappa shape index (κ1) is 11.2. The van der Waals surface area contributed by atoms with Crippen molar-refractivity contribution in [3.05, 3.63) is 22.2 Å². The first-order valence-electron chi connectivity index (χ1n) is 4.87. The molecule has 5 nitrogen and oxygen atoms in total. The molecule has 0 amide bonds. The number of anilines is 1. The molecule has 0 fully saturated rings. The number of nitrogens with one attached hydrogen (secondary N) is 2. The lowest BCUT2D eigenvalue weighted by molar-refractivity contribution is 0.606. The summed E-state index contributed by atoms with van der Waals surface area (Å²) in [6, 6.07) is 3.40. The highest BCUT2D eigenvalue weighted by Gasteiger charge is 2.00. The SMILES string of the molecule is CC(C)CCNc1cc(C#N)[nH]c(=O)n1. The van der Waals surface area contributed by atoms with Crippen molar-refractivity contribution >= 4 is 5.82 Å². The highest BCUT2D eigenvalue weighted by atomic mass is 16.1.